The van der Waals surface area contributed by atoms with Gasteiger partial charge in [0.1, 0.15) is 12.3 Å². The molecule has 1 amide bonds. The molecule has 0 bridgehead atoms. The third-order valence-corrected chi connectivity index (χ3v) is 4.66. The fourth-order valence-electron chi connectivity index (χ4n) is 3.43. The number of carboxylic acid groups (broad SMARTS) is 1. The molecule has 5 heteroatoms. The summed E-state index contributed by atoms with van der Waals surface area (Å²) in [5.41, 5.74) is 2.55. The van der Waals surface area contributed by atoms with Crippen LogP contribution < -0.4 is 4.90 Å². The van der Waals surface area contributed by atoms with Crippen molar-refractivity contribution in [1.82, 2.24) is 0 Å². The number of carboxylic acids is 1. The van der Waals surface area contributed by atoms with Crippen molar-refractivity contribution in [3.05, 3.63) is 53.6 Å². The fraction of sp³-hybridized carbons (Fsp3) is 0.381. The van der Waals surface area contributed by atoms with Crippen molar-refractivity contribution in [2.75, 3.05) is 11.4 Å². The summed E-state index contributed by atoms with van der Waals surface area (Å²) in [6.07, 6.45) is 7.48. The molecule has 0 radical (unpaired) electrons. The number of carbonyl (C=O) groups excluding carboxylic acids is 1. The number of rotatable bonds is 3. The number of hydrogen-bond acceptors (Lipinski definition) is 3. The van der Waals surface area contributed by atoms with E-state index in [1.54, 1.807) is 0 Å². The number of para-hydroxylation sites is 1. The Morgan fingerprint density at radius 1 is 1.31 bits per heavy atom. The lowest BCUT2D eigenvalue weighted by molar-refractivity contribution is -0.136. The van der Waals surface area contributed by atoms with Gasteiger partial charge in [0.05, 0.1) is 11.7 Å². The zero-order chi connectivity index (χ0) is 18.9. The zero-order valence-electron chi connectivity index (χ0n) is 15.4. The number of fused-ring (bicyclic) bond motifs is 1. The van der Waals surface area contributed by atoms with Gasteiger partial charge in [-0.1, -0.05) is 57.2 Å². The number of hydrogen-bond donors (Lipinski definition) is 1. The Kier molecular flexibility index (Phi) is 4.81. The van der Waals surface area contributed by atoms with Crippen LogP contribution in [0.1, 0.15) is 45.2 Å². The van der Waals surface area contributed by atoms with Crippen LogP contribution in [-0.2, 0) is 9.59 Å². The summed E-state index contributed by atoms with van der Waals surface area (Å²) in [5, 5.41) is 9.36. The Labute approximate surface area is 153 Å². The van der Waals surface area contributed by atoms with Gasteiger partial charge in [-0.05, 0) is 29.9 Å². The van der Waals surface area contributed by atoms with E-state index in [0.29, 0.717) is 11.4 Å². The SMILES string of the molecule is CC(C)(C)C1N=C(C2=CC=CCC2)C(=O)N(CC(=O)O)c2ccccc21. The first-order valence-electron chi connectivity index (χ1n) is 8.85. The first kappa shape index (κ1) is 18.1. The van der Waals surface area contributed by atoms with Gasteiger partial charge in [-0.15, -0.1) is 0 Å². The molecule has 26 heavy (non-hydrogen) atoms. The zero-order valence-corrected chi connectivity index (χ0v) is 15.4. The first-order chi connectivity index (χ1) is 12.3. The molecule has 1 heterocycles. The summed E-state index contributed by atoms with van der Waals surface area (Å²) >= 11 is 0. The number of benzene rings is 1. The molecule has 136 valence electrons. The number of nitrogens with zero attached hydrogens (tertiary/aromatic N) is 2. The van der Waals surface area contributed by atoms with Crippen LogP contribution in [-0.4, -0.2) is 29.2 Å². The average Bonchev–Trinajstić information content (AvgIpc) is 2.71. The summed E-state index contributed by atoms with van der Waals surface area (Å²) in [5.74, 6) is -1.38. The van der Waals surface area contributed by atoms with E-state index in [2.05, 4.69) is 26.8 Å². The number of allylic oxidation sites excluding steroid dienone is 3. The van der Waals surface area contributed by atoms with E-state index in [1.165, 1.54) is 4.90 Å². The van der Waals surface area contributed by atoms with Crippen LogP contribution in [0.2, 0.25) is 0 Å². The highest BCUT2D eigenvalue weighted by molar-refractivity contribution is 6.50. The second-order valence-corrected chi connectivity index (χ2v) is 7.75. The van der Waals surface area contributed by atoms with Gasteiger partial charge < -0.3 is 5.11 Å². The van der Waals surface area contributed by atoms with Crippen molar-refractivity contribution in [2.45, 2.75) is 39.7 Å². The lowest BCUT2D eigenvalue weighted by atomic mass is 9.82. The van der Waals surface area contributed by atoms with Gasteiger partial charge >= 0.3 is 5.97 Å². The summed E-state index contributed by atoms with van der Waals surface area (Å²) in [4.78, 5) is 30.9. The van der Waals surface area contributed by atoms with Crippen molar-refractivity contribution >= 4 is 23.3 Å². The second kappa shape index (κ2) is 6.90. The summed E-state index contributed by atoms with van der Waals surface area (Å²) in [6.45, 7) is 5.88. The molecule has 0 saturated carbocycles. The predicted octanol–water partition coefficient (Wildman–Crippen LogP) is 3.92. The van der Waals surface area contributed by atoms with Gasteiger partial charge in [-0.3, -0.25) is 19.5 Å². The molecule has 1 aliphatic carbocycles. The molecule has 1 aliphatic heterocycles. The Morgan fingerprint density at radius 3 is 2.65 bits per heavy atom. The second-order valence-electron chi connectivity index (χ2n) is 7.75. The molecule has 0 spiro atoms. The van der Waals surface area contributed by atoms with E-state index < -0.39 is 5.97 Å². The molecule has 0 fully saturated rings. The molecule has 1 N–H and O–H groups in total. The molecule has 0 saturated heterocycles. The number of anilines is 1. The van der Waals surface area contributed by atoms with Gasteiger partial charge in [0.2, 0.25) is 0 Å². The quantitative estimate of drug-likeness (QED) is 0.896. The Morgan fingerprint density at radius 2 is 2.04 bits per heavy atom. The third-order valence-electron chi connectivity index (χ3n) is 4.66. The van der Waals surface area contributed by atoms with Crippen LogP contribution in [0.15, 0.2) is 53.1 Å². The monoisotopic (exact) mass is 352 g/mol. The highest BCUT2D eigenvalue weighted by atomic mass is 16.4. The largest absolute Gasteiger partial charge is 0.480 e. The molecule has 1 atom stereocenters. The molecule has 0 aromatic heterocycles. The van der Waals surface area contributed by atoms with Crippen LogP contribution >= 0.6 is 0 Å². The fourth-order valence-corrected chi connectivity index (χ4v) is 3.43. The number of aliphatic imine (C=N–C) groups is 1. The van der Waals surface area contributed by atoms with E-state index in [1.807, 2.05) is 36.4 Å². The van der Waals surface area contributed by atoms with E-state index in [0.717, 1.165) is 24.0 Å². The van der Waals surface area contributed by atoms with Crippen LogP contribution in [0.3, 0.4) is 0 Å². The van der Waals surface area contributed by atoms with E-state index in [4.69, 9.17) is 4.99 Å². The van der Waals surface area contributed by atoms with Gasteiger partial charge in [0, 0.05) is 5.56 Å². The first-order valence-corrected chi connectivity index (χ1v) is 8.85. The maximum atomic E-state index is 13.3. The molecule has 2 aliphatic rings. The van der Waals surface area contributed by atoms with Gasteiger partial charge in [0.25, 0.3) is 5.91 Å². The highest BCUT2D eigenvalue weighted by Gasteiger charge is 2.37. The van der Waals surface area contributed by atoms with Crippen molar-refractivity contribution in [3.8, 4) is 0 Å². The number of amides is 1. The van der Waals surface area contributed by atoms with Crippen LogP contribution in [0.4, 0.5) is 5.69 Å². The van der Waals surface area contributed by atoms with Crippen LogP contribution in [0, 0.1) is 5.41 Å². The maximum absolute atomic E-state index is 13.3. The highest BCUT2D eigenvalue weighted by Crippen LogP contribution is 2.43. The summed E-state index contributed by atoms with van der Waals surface area (Å²) in [6, 6.07) is 7.25. The van der Waals surface area contributed by atoms with E-state index in [-0.39, 0.29) is 23.9 Å². The molecule has 1 unspecified atom stereocenters. The smallest absolute Gasteiger partial charge is 0.323 e. The normalized spacial score (nSPS) is 20.2. The Hall–Kier alpha value is -2.69. The van der Waals surface area contributed by atoms with Crippen molar-refractivity contribution in [2.24, 2.45) is 10.4 Å². The summed E-state index contributed by atoms with van der Waals surface area (Å²) < 4.78 is 0. The van der Waals surface area contributed by atoms with E-state index >= 15 is 0 Å². The minimum atomic E-state index is -1.04. The van der Waals surface area contributed by atoms with Crippen molar-refractivity contribution in [1.29, 1.82) is 0 Å². The molecular weight excluding hydrogens is 328 g/mol. The van der Waals surface area contributed by atoms with Gasteiger partial charge in [-0.2, -0.15) is 0 Å². The minimum absolute atomic E-state index is 0.216. The number of carbonyl (C=O) groups is 2. The van der Waals surface area contributed by atoms with E-state index in [9.17, 15) is 14.7 Å². The standard InChI is InChI=1S/C21H24N2O3/c1-21(2,3)19-15-11-7-8-12-16(15)23(13-17(24)25)20(26)18(22-19)14-9-5-4-6-10-14/h4-5,7-9,11-12,19H,6,10,13H2,1-3H3,(H,24,25). The average molecular weight is 352 g/mol. The Bertz CT molecular complexity index is 828. The Balaban J connectivity index is 2.22. The number of aliphatic carboxylic acids is 1. The predicted molar refractivity (Wildman–Crippen MR) is 103 cm³/mol. The molecule has 5 nitrogen and oxygen atoms in total. The lowest BCUT2D eigenvalue weighted by Crippen LogP contribution is -2.40. The molecule has 1 aromatic carbocycles. The lowest BCUT2D eigenvalue weighted by Gasteiger charge is -2.29. The molecular formula is C21H24N2O3. The molecule has 1 aromatic rings. The third kappa shape index (κ3) is 3.47. The topological polar surface area (TPSA) is 70.0 Å². The van der Waals surface area contributed by atoms with Crippen molar-refractivity contribution in [3.63, 3.8) is 0 Å². The van der Waals surface area contributed by atoms with Crippen LogP contribution in [0.5, 0.6) is 0 Å². The van der Waals surface area contributed by atoms with Gasteiger partial charge in [-0.25, -0.2) is 0 Å². The van der Waals surface area contributed by atoms with Crippen molar-refractivity contribution < 1.29 is 14.7 Å². The minimum Gasteiger partial charge on any atom is -0.480 e. The summed E-state index contributed by atoms with van der Waals surface area (Å²) in [7, 11) is 0. The van der Waals surface area contributed by atoms with Crippen LogP contribution in [0.25, 0.3) is 0 Å². The maximum Gasteiger partial charge on any atom is 0.323 e. The van der Waals surface area contributed by atoms with Gasteiger partial charge in [0.15, 0.2) is 0 Å². The molecule has 3 rings (SSSR count).